The summed E-state index contributed by atoms with van der Waals surface area (Å²) in [4.78, 5) is 46.2. The minimum atomic E-state index is -0.426. The lowest BCUT2D eigenvalue weighted by Gasteiger charge is -2.44. The third-order valence-electron chi connectivity index (χ3n) is 17.1. The normalized spacial score (nSPS) is 18.7. The molecule has 0 aromatic heterocycles. The number of aliphatic hydroxyl groups is 1. The van der Waals surface area contributed by atoms with Crippen LogP contribution in [0.1, 0.15) is 145 Å². The molecule has 13 nitrogen and oxygen atoms in total. The molecule has 0 radical (unpaired) electrons. The average Bonchev–Trinajstić information content (AvgIpc) is 4.10. The first-order valence-corrected chi connectivity index (χ1v) is 31.5. The Bertz CT molecular complexity index is 3120. The number of hydrogen-bond donors (Lipinski definition) is 2. The first-order chi connectivity index (χ1) is 42.3. The van der Waals surface area contributed by atoms with Crippen LogP contribution in [-0.2, 0) is 9.47 Å². The lowest BCUT2D eigenvalue weighted by molar-refractivity contribution is -0.00422. The van der Waals surface area contributed by atoms with E-state index in [2.05, 4.69) is 177 Å². The molecule has 88 heavy (non-hydrogen) atoms. The third kappa shape index (κ3) is 19.8. The van der Waals surface area contributed by atoms with E-state index in [0.29, 0.717) is 48.6 Å². The number of aliphatic hydroxyl groups excluding tert-OH is 1. The molecule has 4 saturated heterocycles. The third-order valence-corrected chi connectivity index (χ3v) is 17.1. The van der Waals surface area contributed by atoms with Crippen molar-refractivity contribution in [3.05, 3.63) is 221 Å². The summed E-state index contributed by atoms with van der Waals surface area (Å²) in [5.74, 6) is 4.23. The van der Waals surface area contributed by atoms with E-state index in [0.717, 1.165) is 64.2 Å². The van der Waals surface area contributed by atoms with Gasteiger partial charge in [-0.3, -0.25) is 4.99 Å². The zero-order chi connectivity index (χ0) is 63.2. The molecule has 6 aliphatic heterocycles. The van der Waals surface area contributed by atoms with Crippen molar-refractivity contribution in [1.82, 2.24) is 25.0 Å². The van der Waals surface area contributed by atoms with Crippen molar-refractivity contribution in [3.63, 3.8) is 0 Å². The van der Waals surface area contributed by atoms with Crippen molar-refractivity contribution in [2.24, 2.45) is 27.8 Å². The molecule has 6 heterocycles. The number of hydrazone groups is 1. The molecule has 468 valence electrons. The zero-order valence-corrected chi connectivity index (χ0v) is 54.0. The van der Waals surface area contributed by atoms with Crippen molar-refractivity contribution < 1.29 is 29.0 Å². The maximum absolute atomic E-state index is 12.9. The van der Waals surface area contributed by atoms with Crippen LogP contribution in [0, 0.1) is 17.8 Å². The van der Waals surface area contributed by atoms with Gasteiger partial charge in [0.2, 0.25) is 0 Å². The highest BCUT2D eigenvalue weighted by atomic mass is 16.6. The number of urea groups is 1. The standard InChI is InChI=1S/C21H23N3O.C16H23NO2.C16H21NO2.C11H15N.C10H11N.CH4O/c1-16(17-8-4-2-5-9-17)19-14-23(15-19)21(25)24-20(12-13-22-24)18-10-6-3-7-11-18;2*1-12(13-8-6-5-7-9-13)14-10-17(11-14)15(18)19-16(2,3)4;1-9(11-7-12-8-11)10-5-3-2-4-6-10;1-2-4-9(5-3-1)10-6-7-11-8-10;1-2/h2-11,13,16,19-20H,12,14-15H2,1H3;5-9,12,14H,10-11H2,1-4H3;5-9H,10-11H2,1-4H3;2-6,9,11-12H,7-8H2,1H3;1-5,7,10H,6,8H2;2H,1H3. The minimum Gasteiger partial charge on any atom is -0.444 e. The smallest absolute Gasteiger partial charge is 0.410 e. The first kappa shape index (κ1) is 67.6. The number of likely N-dealkylation sites (tertiary alicyclic amines) is 3. The summed E-state index contributed by atoms with van der Waals surface area (Å²) in [7, 11) is 1.00. The number of rotatable bonds is 9. The van der Waals surface area contributed by atoms with Crippen molar-refractivity contribution in [2.45, 2.75) is 123 Å². The largest absolute Gasteiger partial charge is 0.444 e. The second-order valence-electron chi connectivity index (χ2n) is 25.7. The molecule has 2 N–H and O–H groups in total. The van der Waals surface area contributed by atoms with Crippen LogP contribution in [0.25, 0.3) is 5.57 Å². The lowest BCUT2D eigenvalue weighted by Crippen LogP contribution is -2.55. The number of ether oxygens (including phenoxy) is 2. The number of carbonyl (C=O) groups excluding carboxylic acids is 3. The van der Waals surface area contributed by atoms with Gasteiger partial charge in [0.25, 0.3) is 0 Å². The maximum Gasteiger partial charge on any atom is 0.410 e. The second kappa shape index (κ2) is 32.9. The topological polar surface area (TPSA) is 140 Å². The summed E-state index contributed by atoms with van der Waals surface area (Å²) in [6.45, 7) is 28.2. The number of allylic oxidation sites excluding steroid dienone is 1. The monoisotopic (exact) mass is 1190 g/mol. The predicted octanol–water partition coefficient (Wildman–Crippen LogP) is 15.5. The highest BCUT2D eigenvalue weighted by molar-refractivity contribution is 5.79. The van der Waals surface area contributed by atoms with Crippen LogP contribution in [0.5, 0.6) is 0 Å². The van der Waals surface area contributed by atoms with Gasteiger partial charge in [0.1, 0.15) is 11.2 Å². The summed E-state index contributed by atoms with van der Waals surface area (Å²) in [6, 6.07) is 62.9. The van der Waals surface area contributed by atoms with Gasteiger partial charge in [-0.1, -0.05) is 203 Å². The molecule has 0 spiro atoms. The van der Waals surface area contributed by atoms with E-state index in [9.17, 15) is 14.4 Å². The SMILES string of the molecule is C1=NCC(c2ccccc2)C1.CC(=C1CN(C(=O)OC(C)(C)C)C1)c1ccccc1.CC(c1ccccc1)C1CN(C(=O)N2N=CCC2c2ccccc2)C1.CC(c1ccccc1)C1CN(C(=O)OC(C)(C)C)C1.CC(c1ccccc1)C1CNC1.CO. The molecule has 12 rings (SSSR count). The van der Waals surface area contributed by atoms with E-state index in [1.807, 2.05) is 107 Å². The Kier molecular flexibility index (Phi) is 25.3. The molecular weight excluding hydrogens is 1090 g/mol. The molecule has 5 unspecified atom stereocenters. The van der Waals surface area contributed by atoms with Crippen LogP contribution < -0.4 is 5.32 Å². The minimum absolute atomic E-state index is 0.0270. The quantitative estimate of drug-likeness (QED) is 0.147. The summed E-state index contributed by atoms with van der Waals surface area (Å²) < 4.78 is 10.7. The number of aliphatic imine (C=N–C) groups is 1. The highest BCUT2D eigenvalue weighted by Crippen LogP contribution is 2.36. The van der Waals surface area contributed by atoms with Crippen molar-refractivity contribution in [3.8, 4) is 0 Å². The van der Waals surface area contributed by atoms with Gasteiger partial charge in [0.05, 0.1) is 6.04 Å². The Morgan fingerprint density at radius 3 is 1.32 bits per heavy atom. The Morgan fingerprint density at radius 1 is 0.511 bits per heavy atom. The fourth-order valence-corrected chi connectivity index (χ4v) is 11.2. The van der Waals surface area contributed by atoms with Gasteiger partial charge < -0.3 is 34.6 Å². The predicted molar refractivity (Wildman–Crippen MR) is 359 cm³/mol. The Hall–Kier alpha value is -7.87. The van der Waals surface area contributed by atoms with E-state index >= 15 is 0 Å². The average molecular weight is 1190 g/mol. The van der Waals surface area contributed by atoms with Crippen LogP contribution in [-0.4, -0.2) is 133 Å². The van der Waals surface area contributed by atoms with E-state index in [1.54, 1.807) is 14.8 Å². The maximum atomic E-state index is 12.9. The van der Waals surface area contributed by atoms with Crippen molar-refractivity contribution >= 4 is 36.2 Å². The molecule has 4 fully saturated rings. The van der Waals surface area contributed by atoms with Gasteiger partial charge in [0, 0.05) is 83.3 Å². The van der Waals surface area contributed by atoms with Crippen molar-refractivity contribution in [2.75, 3.05) is 66.0 Å². The Morgan fingerprint density at radius 2 is 0.909 bits per heavy atom. The van der Waals surface area contributed by atoms with Crippen LogP contribution >= 0.6 is 0 Å². The zero-order valence-electron chi connectivity index (χ0n) is 54.0. The second-order valence-corrected chi connectivity index (χ2v) is 25.7. The van der Waals surface area contributed by atoms with Gasteiger partial charge in [-0.25, -0.2) is 19.4 Å². The van der Waals surface area contributed by atoms with Crippen LogP contribution in [0.4, 0.5) is 14.4 Å². The number of hydrogen-bond acceptors (Lipinski definition) is 9. The van der Waals surface area contributed by atoms with Gasteiger partial charge in [-0.2, -0.15) is 5.10 Å². The van der Waals surface area contributed by atoms with Crippen LogP contribution in [0.15, 0.2) is 198 Å². The molecule has 6 aromatic carbocycles. The highest BCUT2D eigenvalue weighted by Gasteiger charge is 2.40. The molecule has 5 atom stereocenters. The van der Waals surface area contributed by atoms with Crippen molar-refractivity contribution in [1.29, 1.82) is 0 Å². The Labute approximate surface area is 525 Å². The fraction of sp³-hybridized carbons (Fsp3) is 0.427. The number of nitrogens with one attached hydrogen (secondary N) is 1. The summed E-state index contributed by atoms with van der Waals surface area (Å²) in [5, 5.41) is 16.3. The molecule has 4 amide bonds. The van der Waals surface area contributed by atoms with E-state index < -0.39 is 11.2 Å². The van der Waals surface area contributed by atoms with Gasteiger partial charge in [0.15, 0.2) is 0 Å². The first-order valence-electron chi connectivity index (χ1n) is 31.5. The molecule has 6 aliphatic rings. The van der Waals surface area contributed by atoms with Gasteiger partial charge in [-0.15, -0.1) is 0 Å². The molecular formula is C75H97N7O6. The molecule has 0 aliphatic carbocycles. The number of amides is 4. The van der Waals surface area contributed by atoms with Crippen LogP contribution in [0.3, 0.4) is 0 Å². The fourth-order valence-electron chi connectivity index (χ4n) is 11.2. The summed E-state index contributed by atoms with van der Waals surface area (Å²) >= 11 is 0. The number of nitrogens with zero attached hydrogens (tertiary/aromatic N) is 6. The summed E-state index contributed by atoms with van der Waals surface area (Å²) in [6.07, 6.45) is 5.36. The van der Waals surface area contributed by atoms with Gasteiger partial charge >= 0.3 is 18.2 Å². The molecule has 0 bridgehead atoms. The number of benzene rings is 6. The van der Waals surface area contributed by atoms with Gasteiger partial charge in [-0.05, 0) is 142 Å². The lowest BCUT2D eigenvalue weighted by atomic mass is 9.82. The molecule has 6 aromatic rings. The Balaban J connectivity index is 0.000000160. The molecule has 13 heteroatoms. The van der Waals surface area contributed by atoms with Crippen LogP contribution in [0.2, 0.25) is 0 Å². The van der Waals surface area contributed by atoms with E-state index in [4.69, 9.17) is 14.6 Å². The van der Waals surface area contributed by atoms with E-state index in [1.165, 1.54) is 52.1 Å². The molecule has 0 saturated carbocycles. The van der Waals surface area contributed by atoms with E-state index in [-0.39, 0.29) is 24.3 Å². The number of carbonyl (C=O) groups is 3. The summed E-state index contributed by atoms with van der Waals surface area (Å²) in [5.41, 5.74) is 9.69.